The van der Waals surface area contributed by atoms with Gasteiger partial charge in [-0.25, -0.2) is 4.79 Å². The van der Waals surface area contributed by atoms with E-state index in [1.807, 2.05) is 36.4 Å². The summed E-state index contributed by atoms with van der Waals surface area (Å²) in [5, 5.41) is 0. The molecule has 0 unspecified atom stereocenters. The maximum atomic E-state index is 11.6. The molecule has 0 fully saturated rings. The second-order valence-electron chi connectivity index (χ2n) is 4.67. The molecule has 1 aromatic carbocycles. The lowest BCUT2D eigenvalue weighted by atomic mass is 10.1. The molecule has 0 aliphatic rings. The quantitative estimate of drug-likeness (QED) is 0.362. The third-order valence-electron chi connectivity index (χ3n) is 2.93. The number of carbonyl (C=O) groups excluding carboxylic acids is 1. The Kier molecular flexibility index (Phi) is 8.95. The number of benzene rings is 1. The Hall–Kier alpha value is -1.83. The third kappa shape index (κ3) is 7.57. The van der Waals surface area contributed by atoms with Gasteiger partial charge >= 0.3 is 5.97 Å². The van der Waals surface area contributed by atoms with Crippen molar-refractivity contribution in [2.75, 3.05) is 6.61 Å². The molecular formula is C18H24O2. The number of ether oxygens (including phenoxy) is 1. The molecule has 0 saturated heterocycles. The largest absolute Gasteiger partial charge is 0.458 e. The van der Waals surface area contributed by atoms with Crippen molar-refractivity contribution in [3.8, 4) is 0 Å². The SMILES string of the molecule is CCCCCCC=CC=CCOC(=O)c1ccccc1. The molecule has 0 aliphatic heterocycles. The highest BCUT2D eigenvalue weighted by molar-refractivity contribution is 5.89. The summed E-state index contributed by atoms with van der Waals surface area (Å²) < 4.78 is 5.13. The Balaban J connectivity index is 2.10. The molecule has 0 heterocycles. The Morgan fingerprint density at radius 3 is 2.55 bits per heavy atom. The minimum absolute atomic E-state index is 0.279. The van der Waals surface area contributed by atoms with Crippen LogP contribution in [0.1, 0.15) is 49.4 Å². The molecule has 0 amide bonds. The Labute approximate surface area is 122 Å². The van der Waals surface area contributed by atoms with E-state index in [9.17, 15) is 4.79 Å². The summed E-state index contributed by atoms with van der Waals surface area (Å²) in [4.78, 5) is 11.6. The lowest BCUT2D eigenvalue weighted by Crippen LogP contribution is -2.04. The normalized spacial score (nSPS) is 11.2. The van der Waals surface area contributed by atoms with Crippen LogP contribution in [0.3, 0.4) is 0 Å². The zero-order chi connectivity index (χ0) is 14.5. The second-order valence-corrected chi connectivity index (χ2v) is 4.67. The highest BCUT2D eigenvalue weighted by Crippen LogP contribution is 2.03. The third-order valence-corrected chi connectivity index (χ3v) is 2.93. The van der Waals surface area contributed by atoms with Gasteiger partial charge < -0.3 is 4.74 Å². The van der Waals surface area contributed by atoms with E-state index in [0.717, 1.165) is 6.42 Å². The topological polar surface area (TPSA) is 26.3 Å². The first kappa shape index (κ1) is 16.2. The standard InChI is InChI=1S/C18H24O2/c1-2-3-4-5-6-7-8-9-13-16-20-18(19)17-14-11-10-12-15-17/h7-15H,2-6,16H2,1H3. The van der Waals surface area contributed by atoms with Gasteiger partial charge in [0.1, 0.15) is 6.61 Å². The van der Waals surface area contributed by atoms with E-state index < -0.39 is 0 Å². The van der Waals surface area contributed by atoms with Crippen LogP contribution in [0, 0.1) is 0 Å². The van der Waals surface area contributed by atoms with Gasteiger partial charge in [-0.05, 0) is 31.1 Å². The first-order chi connectivity index (χ1) is 9.84. The van der Waals surface area contributed by atoms with Crippen LogP contribution in [0.2, 0.25) is 0 Å². The summed E-state index contributed by atoms with van der Waals surface area (Å²) in [7, 11) is 0. The van der Waals surface area contributed by atoms with Crippen LogP contribution in [-0.4, -0.2) is 12.6 Å². The van der Waals surface area contributed by atoms with E-state index in [1.165, 1.54) is 25.7 Å². The molecule has 1 rings (SSSR count). The van der Waals surface area contributed by atoms with Crippen LogP contribution in [0.5, 0.6) is 0 Å². The zero-order valence-electron chi connectivity index (χ0n) is 12.3. The van der Waals surface area contributed by atoms with Crippen molar-refractivity contribution in [3.05, 3.63) is 60.2 Å². The van der Waals surface area contributed by atoms with Crippen LogP contribution in [0.25, 0.3) is 0 Å². The fourth-order valence-electron chi connectivity index (χ4n) is 1.78. The van der Waals surface area contributed by atoms with Crippen molar-refractivity contribution in [2.24, 2.45) is 0 Å². The van der Waals surface area contributed by atoms with Gasteiger partial charge in [0.25, 0.3) is 0 Å². The van der Waals surface area contributed by atoms with Gasteiger partial charge in [0.15, 0.2) is 0 Å². The van der Waals surface area contributed by atoms with E-state index in [4.69, 9.17) is 4.74 Å². The monoisotopic (exact) mass is 272 g/mol. The molecule has 0 aromatic heterocycles. The maximum absolute atomic E-state index is 11.6. The molecule has 0 aliphatic carbocycles. The zero-order valence-corrected chi connectivity index (χ0v) is 12.3. The smallest absolute Gasteiger partial charge is 0.338 e. The highest BCUT2D eigenvalue weighted by atomic mass is 16.5. The molecule has 2 nitrogen and oxygen atoms in total. The summed E-state index contributed by atoms with van der Waals surface area (Å²) in [5.41, 5.74) is 0.590. The van der Waals surface area contributed by atoms with Gasteiger partial charge in [-0.2, -0.15) is 0 Å². The molecule has 0 radical (unpaired) electrons. The van der Waals surface area contributed by atoms with E-state index in [-0.39, 0.29) is 5.97 Å². The van der Waals surface area contributed by atoms with E-state index >= 15 is 0 Å². The van der Waals surface area contributed by atoms with Crippen LogP contribution < -0.4 is 0 Å². The molecule has 20 heavy (non-hydrogen) atoms. The summed E-state index contributed by atoms with van der Waals surface area (Å²) in [6.07, 6.45) is 14.2. The lowest BCUT2D eigenvalue weighted by molar-refractivity contribution is 0.0549. The van der Waals surface area contributed by atoms with Crippen molar-refractivity contribution >= 4 is 5.97 Å². The maximum Gasteiger partial charge on any atom is 0.338 e. The Bertz CT molecular complexity index is 418. The van der Waals surface area contributed by atoms with Gasteiger partial charge in [0.2, 0.25) is 0 Å². The predicted molar refractivity (Wildman–Crippen MR) is 83.8 cm³/mol. The fourth-order valence-corrected chi connectivity index (χ4v) is 1.78. The number of rotatable bonds is 9. The van der Waals surface area contributed by atoms with Crippen LogP contribution in [0.4, 0.5) is 0 Å². The van der Waals surface area contributed by atoms with Gasteiger partial charge in [-0.3, -0.25) is 0 Å². The fraction of sp³-hybridized carbons (Fsp3) is 0.389. The van der Waals surface area contributed by atoms with E-state index in [0.29, 0.717) is 12.2 Å². The van der Waals surface area contributed by atoms with Gasteiger partial charge in [0, 0.05) is 0 Å². The minimum Gasteiger partial charge on any atom is -0.458 e. The molecule has 0 atom stereocenters. The lowest BCUT2D eigenvalue weighted by Gasteiger charge is -2.00. The molecule has 0 spiro atoms. The second kappa shape index (κ2) is 11.0. The molecule has 0 bridgehead atoms. The minimum atomic E-state index is -0.279. The summed E-state index contributed by atoms with van der Waals surface area (Å²) in [6.45, 7) is 2.53. The molecule has 1 aromatic rings. The summed E-state index contributed by atoms with van der Waals surface area (Å²) in [5.74, 6) is -0.279. The van der Waals surface area contributed by atoms with Crippen molar-refractivity contribution in [3.63, 3.8) is 0 Å². The number of esters is 1. The Morgan fingerprint density at radius 2 is 1.80 bits per heavy atom. The molecule has 108 valence electrons. The number of unbranched alkanes of at least 4 members (excludes halogenated alkanes) is 4. The Morgan fingerprint density at radius 1 is 1.05 bits per heavy atom. The highest BCUT2D eigenvalue weighted by Gasteiger charge is 2.03. The molecule has 0 N–H and O–H groups in total. The number of carbonyl (C=O) groups is 1. The van der Waals surface area contributed by atoms with Crippen LogP contribution >= 0.6 is 0 Å². The number of hydrogen-bond donors (Lipinski definition) is 0. The summed E-state index contributed by atoms with van der Waals surface area (Å²) in [6, 6.07) is 9.04. The number of hydrogen-bond acceptors (Lipinski definition) is 2. The first-order valence-electron chi connectivity index (χ1n) is 7.38. The van der Waals surface area contributed by atoms with Crippen LogP contribution in [-0.2, 0) is 4.74 Å². The van der Waals surface area contributed by atoms with Crippen molar-refractivity contribution in [1.82, 2.24) is 0 Å². The summed E-state index contributed by atoms with van der Waals surface area (Å²) >= 11 is 0. The van der Waals surface area contributed by atoms with Crippen molar-refractivity contribution in [1.29, 1.82) is 0 Å². The molecule has 0 saturated carbocycles. The predicted octanol–water partition coefficient (Wildman–Crippen LogP) is 4.93. The first-order valence-corrected chi connectivity index (χ1v) is 7.38. The number of allylic oxidation sites excluding steroid dienone is 3. The average molecular weight is 272 g/mol. The van der Waals surface area contributed by atoms with Crippen molar-refractivity contribution in [2.45, 2.75) is 39.0 Å². The molecular weight excluding hydrogens is 248 g/mol. The average Bonchev–Trinajstić information content (AvgIpc) is 2.50. The van der Waals surface area contributed by atoms with Gasteiger partial charge in [-0.15, -0.1) is 0 Å². The van der Waals surface area contributed by atoms with Crippen LogP contribution in [0.15, 0.2) is 54.6 Å². The van der Waals surface area contributed by atoms with E-state index in [2.05, 4.69) is 13.0 Å². The van der Waals surface area contributed by atoms with Gasteiger partial charge in [0.05, 0.1) is 5.56 Å². The molecule has 2 heteroatoms. The van der Waals surface area contributed by atoms with Crippen molar-refractivity contribution < 1.29 is 9.53 Å². The van der Waals surface area contributed by atoms with E-state index in [1.54, 1.807) is 12.1 Å². The van der Waals surface area contributed by atoms with Gasteiger partial charge in [-0.1, -0.05) is 62.6 Å².